The van der Waals surface area contributed by atoms with Crippen molar-refractivity contribution in [2.75, 3.05) is 10.6 Å². The fourth-order valence-electron chi connectivity index (χ4n) is 2.49. The van der Waals surface area contributed by atoms with Crippen LogP contribution in [0.25, 0.3) is 0 Å². The van der Waals surface area contributed by atoms with Crippen LogP contribution in [-0.4, -0.2) is 16.8 Å². The van der Waals surface area contributed by atoms with Crippen LogP contribution in [-0.2, 0) is 0 Å². The lowest BCUT2D eigenvalue weighted by molar-refractivity contribution is 0.102. The number of amides is 2. The Morgan fingerprint density at radius 1 is 0.786 bits per heavy atom. The van der Waals surface area contributed by atoms with E-state index in [0.29, 0.717) is 5.69 Å². The second-order valence-corrected chi connectivity index (χ2v) is 6.27. The van der Waals surface area contributed by atoms with Gasteiger partial charge in [-0.15, -0.1) is 0 Å². The SMILES string of the molecule is Cc1ccc(NC(=O)c2cc(C(=O)Nc3ccc(F)c(F)c3)ccn2)cc1C. The van der Waals surface area contributed by atoms with Crippen molar-refractivity contribution in [1.29, 1.82) is 0 Å². The number of nitrogens with zero attached hydrogens (tertiary/aromatic N) is 1. The Bertz CT molecular complexity index is 987. The molecule has 0 aliphatic carbocycles. The first-order chi connectivity index (χ1) is 13.3. The largest absolute Gasteiger partial charge is 0.322 e. The Kier molecular flexibility index (Phi) is 5.44. The second-order valence-electron chi connectivity index (χ2n) is 6.27. The van der Waals surface area contributed by atoms with Crippen molar-refractivity contribution in [3.8, 4) is 0 Å². The topological polar surface area (TPSA) is 71.1 Å². The first-order valence-electron chi connectivity index (χ1n) is 8.44. The molecule has 0 saturated carbocycles. The summed E-state index contributed by atoms with van der Waals surface area (Å²) in [7, 11) is 0. The van der Waals surface area contributed by atoms with Gasteiger partial charge in [-0.1, -0.05) is 6.07 Å². The first kappa shape index (κ1) is 19.2. The Balaban J connectivity index is 1.75. The van der Waals surface area contributed by atoms with Crippen molar-refractivity contribution >= 4 is 23.2 Å². The van der Waals surface area contributed by atoms with Gasteiger partial charge in [0.15, 0.2) is 11.6 Å². The number of carbonyl (C=O) groups is 2. The standard InChI is InChI=1S/C21H17F2N3O2/c1-12-3-4-15(9-13(12)2)26-21(28)19-10-14(7-8-24-19)20(27)25-16-5-6-17(22)18(23)11-16/h3-11H,1-2H3,(H,25,27)(H,26,28). The molecule has 2 amide bonds. The van der Waals surface area contributed by atoms with Crippen LogP contribution < -0.4 is 10.6 Å². The summed E-state index contributed by atoms with van der Waals surface area (Å²) in [5.74, 6) is -3.12. The van der Waals surface area contributed by atoms with Gasteiger partial charge >= 0.3 is 0 Å². The molecule has 0 radical (unpaired) electrons. The van der Waals surface area contributed by atoms with Gasteiger partial charge in [-0.05, 0) is 61.4 Å². The molecule has 0 bridgehead atoms. The third-order valence-electron chi connectivity index (χ3n) is 4.20. The monoisotopic (exact) mass is 381 g/mol. The molecule has 2 N–H and O–H groups in total. The molecular formula is C21H17F2N3O2. The summed E-state index contributed by atoms with van der Waals surface area (Å²) in [6, 6.07) is 11.3. The highest BCUT2D eigenvalue weighted by Crippen LogP contribution is 2.16. The van der Waals surface area contributed by atoms with E-state index in [1.54, 1.807) is 6.07 Å². The van der Waals surface area contributed by atoms with E-state index >= 15 is 0 Å². The summed E-state index contributed by atoms with van der Waals surface area (Å²) >= 11 is 0. The minimum absolute atomic E-state index is 0.0520. The van der Waals surface area contributed by atoms with E-state index in [0.717, 1.165) is 23.3 Å². The van der Waals surface area contributed by atoms with Gasteiger partial charge in [0, 0.05) is 29.2 Å². The van der Waals surface area contributed by atoms with Crippen molar-refractivity contribution in [2.45, 2.75) is 13.8 Å². The molecule has 1 aromatic heterocycles. The fraction of sp³-hybridized carbons (Fsp3) is 0.0952. The molecular weight excluding hydrogens is 364 g/mol. The fourth-order valence-corrected chi connectivity index (χ4v) is 2.49. The predicted molar refractivity (Wildman–Crippen MR) is 102 cm³/mol. The molecule has 0 unspecified atom stereocenters. The zero-order valence-corrected chi connectivity index (χ0v) is 15.2. The Hall–Kier alpha value is -3.61. The summed E-state index contributed by atoms with van der Waals surface area (Å²) in [6.07, 6.45) is 1.33. The van der Waals surface area contributed by atoms with Crippen LogP contribution >= 0.6 is 0 Å². The summed E-state index contributed by atoms with van der Waals surface area (Å²) in [5.41, 5.74) is 3.06. The minimum Gasteiger partial charge on any atom is -0.322 e. The van der Waals surface area contributed by atoms with Crippen LogP contribution in [0.5, 0.6) is 0 Å². The Morgan fingerprint density at radius 3 is 2.18 bits per heavy atom. The number of nitrogens with one attached hydrogen (secondary N) is 2. The quantitative estimate of drug-likeness (QED) is 0.700. The number of carbonyl (C=O) groups excluding carboxylic acids is 2. The lowest BCUT2D eigenvalue weighted by Crippen LogP contribution is -2.17. The zero-order chi connectivity index (χ0) is 20.3. The van der Waals surface area contributed by atoms with Gasteiger partial charge in [0.2, 0.25) is 0 Å². The number of halogens is 2. The molecule has 0 saturated heterocycles. The molecule has 3 aromatic rings. The van der Waals surface area contributed by atoms with Gasteiger partial charge < -0.3 is 10.6 Å². The molecule has 5 nitrogen and oxygen atoms in total. The van der Waals surface area contributed by atoms with Crippen LogP contribution in [0, 0.1) is 25.5 Å². The molecule has 3 rings (SSSR count). The number of rotatable bonds is 4. The lowest BCUT2D eigenvalue weighted by atomic mass is 10.1. The molecule has 0 spiro atoms. The molecule has 28 heavy (non-hydrogen) atoms. The van der Waals surface area contributed by atoms with Crippen LogP contribution in [0.15, 0.2) is 54.7 Å². The summed E-state index contributed by atoms with van der Waals surface area (Å²) in [5, 5.41) is 5.18. The second kappa shape index (κ2) is 7.96. The van der Waals surface area contributed by atoms with E-state index in [2.05, 4.69) is 15.6 Å². The van der Waals surface area contributed by atoms with E-state index in [-0.39, 0.29) is 16.9 Å². The molecule has 0 aliphatic heterocycles. The van der Waals surface area contributed by atoms with Gasteiger partial charge in [0.25, 0.3) is 11.8 Å². The van der Waals surface area contributed by atoms with Crippen LogP contribution in [0.4, 0.5) is 20.2 Å². The normalized spacial score (nSPS) is 10.4. The van der Waals surface area contributed by atoms with Gasteiger partial charge in [0.1, 0.15) is 5.69 Å². The molecule has 2 aromatic carbocycles. The van der Waals surface area contributed by atoms with E-state index in [1.165, 1.54) is 24.4 Å². The Morgan fingerprint density at radius 2 is 1.46 bits per heavy atom. The van der Waals surface area contributed by atoms with Crippen molar-refractivity contribution in [3.05, 3.63) is 88.7 Å². The number of aryl methyl sites for hydroxylation is 2. The number of hydrogen-bond acceptors (Lipinski definition) is 3. The van der Waals surface area contributed by atoms with Gasteiger partial charge in [-0.25, -0.2) is 8.78 Å². The molecule has 0 fully saturated rings. The molecule has 1 heterocycles. The number of anilines is 2. The lowest BCUT2D eigenvalue weighted by Gasteiger charge is -2.09. The average Bonchev–Trinajstić information content (AvgIpc) is 2.67. The van der Waals surface area contributed by atoms with Gasteiger partial charge in [-0.2, -0.15) is 0 Å². The molecule has 142 valence electrons. The number of aromatic nitrogens is 1. The Labute approximate surface area is 160 Å². The number of benzene rings is 2. The highest BCUT2D eigenvalue weighted by atomic mass is 19.2. The highest BCUT2D eigenvalue weighted by molar-refractivity contribution is 6.07. The predicted octanol–water partition coefficient (Wildman–Crippen LogP) is 4.48. The molecule has 0 aliphatic rings. The maximum Gasteiger partial charge on any atom is 0.274 e. The summed E-state index contributed by atoms with van der Waals surface area (Å²) in [6.45, 7) is 3.91. The van der Waals surface area contributed by atoms with Crippen molar-refractivity contribution in [3.63, 3.8) is 0 Å². The summed E-state index contributed by atoms with van der Waals surface area (Å²) < 4.78 is 26.3. The van der Waals surface area contributed by atoms with E-state index < -0.39 is 23.4 Å². The summed E-state index contributed by atoms with van der Waals surface area (Å²) in [4.78, 5) is 28.8. The van der Waals surface area contributed by atoms with E-state index in [9.17, 15) is 18.4 Å². The maximum atomic E-state index is 13.3. The maximum absolute atomic E-state index is 13.3. The van der Waals surface area contributed by atoms with Crippen LogP contribution in [0.2, 0.25) is 0 Å². The molecule has 0 atom stereocenters. The van der Waals surface area contributed by atoms with Crippen LogP contribution in [0.3, 0.4) is 0 Å². The van der Waals surface area contributed by atoms with E-state index in [1.807, 2.05) is 26.0 Å². The van der Waals surface area contributed by atoms with Gasteiger partial charge in [-0.3, -0.25) is 14.6 Å². The van der Waals surface area contributed by atoms with E-state index in [4.69, 9.17) is 0 Å². The number of hydrogen-bond donors (Lipinski definition) is 2. The smallest absolute Gasteiger partial charge is 0.274 e. The van der Waals surface area contributed by atoms with Crippen molar-refractivity contribution in [1.82, 2.24) is 4.98 Å². The minimum atomic E-state index is -1.07. The highest BCUT2D eigenvalue weighted by Gasteiger charge is 2.13. The third-order valence-corrected chi connectivity index (χ3v) is 4.20. The average molecular weight is 381 g/mol. The molecule has 7 heteroatoms. The van der Waals surface area contributed by atoms with Crippen molar-refractivity contribution < 1.29 is 18.4 Å². The number of pyridine rings is 1. The van der Waals surface area contributed by atoms with Gasteiger partial charge in [0.05, 0.1) is 0 Å². The van der Waals surface area contributed by atoms with Crippen LogP contribution in [0.1, 0.15) is 32.0 Å². The van der Waals surface area contributed by atoms with Crippen molar-refractivity contribution in [2.24, 2.45) is 0 Å². The third kappa shape index (κ3) is 4.37. The first-order valence-corrected chi connectivity index (χ1v) is 8.44. The zero-order valence-electron chi connectivity index (χ0n) is 15.2.